The molecule has 4 aromatic rings. The molecule has 31 heavy (non-hydrogen) atoms. The molecule has 0 bridgehead atoms. The molecule has 8 nitrogen and oxygen atoms in total. The van der Waals surface area contributed by atoms with Crippen molar-refractivity contribution in [2.24, 2.45) is 0 Å². The van der Waals surface area contributed by atoms with Crippen LogP contribution in [0.15, 0.2) is 41.5 Å². The Kier molecular flexibility index (Phi) is 5.07. The van der Waals surface area contributed by atoms with Crippen LogP contribution in [0.4, 0.5) is 0 Å². The number of pyridine rings is 2. The first-order chi connectivity index (χ1) is 15.1. The van der Waals surface area contributed by atoms with Crippen LogP contribution in [0.5, 0.6) is 0 Å². The third kappa shape index (κ3) is 3.86. The SMILES string of the molecule is Cc1cc(-c2ccc(Cc3nc4c(c(C)nn4C4CCOCC4)c(=O)[nH]3)cn2)ccn1. The fourth-order valence-electron chi connectivity index (χ4n) is 4.12. The Bertz CT molecular complexity index is 1290. The third-order valence-electron chi connectivity index (χ3n) is 5.71. The zero-order valence-electron chi connectivity index (χ0n) is 17.6. The van der Waals surface area contributed by atoms with Crippen molar-refractivity contribution < 1.29 is 4.74 Å². The van der Waals surface area contributed by atoms with Crippen molar-refractivity contribution >= 4 is 11.0 Å². The number of hydrogen-bond donors (Lipinski definition) is 1. The highest BCUT2D eigenvalue weighted by atomic mass is 16.5. The zero-order chi connectivity index (χ0) is 21.4. The standard InChI is InChI=1S/C23H24N6O2/c1-14-11-17(5-8-24-14)19-4-3-16(13-25-19)12-20-26-22-21(23(30)27-20)15(2)28-29(22)18-6-9-31-10-7-18/h3-5,8,11,13,18H,6-7,9-10,12H2,1-2H3,(H,26,27,30). The Morgan fingerprint density at radius 2 is 2.00 bits per heavy atom. The van der Waals surface area contributed by atoms with Crippen LogP contribution in [0.1, 0.15) is 41.7 Å². The molecule has 0 saturated carbocycles. The van der Waals surface area contributed by atoms with E-state index in [1.54, 1.807) is 6.20 Å². The lowest BCUT2D eigenvalue weighted by molar-refractivity contribution is 0.0672. The number of ether oxygens (including phenoxy) is 1. The predicted octanol–water partition coefficient (Wildman–Crippen LogP) is 3.14. The summed E-state index contributed by atoms with van der Waals surface area (Å²) in [6, 6.07) is 8.16. The lowest BCUT2D eigenvalue weighted by Gasteiger charge is -2.22. The molecular weight excluding hydrogens is 392 g/mol. The van der Waals surface area contributed by atoms with E-state index in [4.69, 9.17) is 9.72 Å². The topological polar surface area (TPSA) is 98.6 Å². The Labute approximate surface area is 179 Å². The van der Waals surface area contributed by atoms with Crippen LogP contribution in [-0.2, 0) is 11.2 Å². The molecule has 1 fully saturated rings. The van der Waals surface area contributed by atoms with Gasteiger partial charge in [0.2, 0.25) is 0 Å². The van der Waals surface area contributed by atoms with Gasteiger partial charge in [-0.05, 0) is 50.5 Å². The van der Waals surface area contributed by atoms with Gasteiger partial charge >= 0.3 is 0 Å². The highest BCUT2D eigenvalue weighted by Gasteiger charge is 2.22. The van der Waals surface area contributed by atoms with Gasteiger partial charge in [-0.1, -0.05) is 6.07 Å². The maximum absolute atomic E-state index is 12.8. The number of H-pyrrole nitrogens is 1. The van der Waals surface area contributed by atoms with Crippen LogP contribution in [0.25, 0.3) is 22.3 Å². The van der Waals surface area contributed by atoms with E-state index < -0.39 is 0 Å². The smallest absolute Gasteiger partial charge is 0.262 e. The Morgan fingerprint density at radius 1 is 1.16 bits per heavy atom. The highest BCUT2D eigenvalue weighted by molar-refractivity contribution is 5.77. The zero-order valence-corrected chi connectivity index (χ0v) is 17.6. The van der Waals surface area contributed by atoms with Gasteiger partial charge in [0.1, 0.15) is 11.2 Å². The van der Waals surface area contributed by atoms with E-state index in [2.05, 4.69) is 20.1 Å². The summed E-state index contributed by atoms with van der Waals surface area (Å²) in [4.78, 5) is 29.3. The Balaban J connectivity index is 1.46. The van der Waals surface area contributed by atoms with Gasteiger partial charge in [-0.2, -0.15) is 5.10 Å². The van der Waals surface area contributed by atoms with Crippen molar-refractivity contribution in [3.63, 3.8) is 0 Å². The number of nitrogens with one attached hydrogen (secondary N) is 1. The number of aryl methyl sites for hydroxylation is 2. The molecule has 0 aromatic carbocycles. The first kappa shape index (κ1) is 19.6. The third-order valence-corrected chi connectivity index (χ3v) is 5.71. The fourth-order valence-corrected chi connectivity index (χ4v) is 4.12. The van der Waals surface area contributed by atoms with Crippen molar-refractivity contribution in [3.8, 4) is 11.3 Å². The minimum atomic E-state index is -0.146. The molecular formula is C23H24N6O2. The Morgan fingerprint density at radius 3 is 2.74 bits per heavy atom. The summed E-state index contributed by atoms with van der Waals surface area (Å²) in [6.07, 6.45) is 5.86. The number of fused-ring (bicyclic) bond motifs is 1. The van der Waals surface area contributed by atoms with E-state index in [0.29, 0.717) is 42.2 Å². The first-order valence-corrected chi connectivity index (χ1v) is 10.5. The monoisotopic (exact) mass is 416 g/mol. The van der Waals surface area contributed by atoms with Crippen molar-refractivity contribution in [3.05, 3.63) is 69.8 Å². The van der Waals surface area contributed by atoms with Gasteiger partial charge in [0.05, 0.1) is 17.4 Å². The number of hydrogen-bond acceptors (Lipinski definition) is 6. The second-order valence-corrected chi connectivity index (χ2v) is 8.00. The Hall–Kier alpha value is -3.39. The van der Waals surface area contributed by atoms with E-state index in [1.165, 1.54) is 0 Å². The number of rotatable bonds is 4. The molecule has 1 aliphatic rings. The van der Waals surface area contributed by atoms with E-state index in [9.17, 15) is 4.79 Å². The van der Waals surface area contributed by atoms with Crippen molar-refractivity contribution in [2.45, 2.75) is 39.2 Å². The molecule has 0 radical (unpaired) electrons. The molecule has 0 amide bonds. The van der Waals surface area contributed by atoms with Crippen molar-refractivity contribution in [1.29, 1.82) is 0 Å². The molecule has 5 heterocycles. The summed E-state index contributed by atoms with van der Waals surface area (Å²) in [6.45, 7) is 5.23. The number of nitrogens with zero attached hydrogens (tertiary/aromatic N) is 5. The lowest BCUT2D eigenvalue weighted by Crippen LogP contribution is -2.21. The minimum Gasteiger partial charge on any atom is -0.381 e. The van der Waals surface area contributed by atoms with Crippen LogP contribution >= 0.6 is 0 Å². The molecule has 158 valence electrons. The summed E-state index contributed by atoms with van der Waals surface area (Å²) in [5.41, 5.74) is 5.07. The highest BCUT2D eigenvalue weighted by Crippen LogP contribution is 2.25. The van der Waals surface area contributed by atoms with Crippen molar-refractivity contribution in [2.75, 3.05) is 13.2 Å². The largest absolute Gasteiger partial charge is 0.381 e. The van der Waals surface area contributed by atoms with Gasteiger partial charge in [0, 0.05) is 43.3 Å². The molecule has 0 aliphatic carbocycles. The van der Waals surface area contributed by atoms with Gasteiger partial charge in [-0.3, -0.25) is 14.8 Å². The summed E-state index contributed by atoms with van der Waals surface area (Å²) in [5, 5.41) is 5.20. The maximum atomic E-state index is 12.8. The number of aromatic amines is 1. The number of aromatic nitrogens is 6. The predicted molar refractivity (Wildman–Crippen MR) is 117 cm³/mol. The van der Waals surface area contributed by atoms with Crippen LogP contribution < -0.4 is 5.56 Å². The van der Waals surface area contributed by atoms with E-state index in [1.807, 2.05) is 49.0 Å². The molecule has 0 spiro atoms. The van der Waals surface area contributed by atoms with E-state index in [0.717, 1.165) is 35.4 Å². The summed E-state index contributed by atoms with van der Waals surface area (Å²) >= 11 is 0. The first-order valence-electron chi connectivity index (χ1n) is 10.5. The summed E-state index contributed by atoms with van der Waals surface area (Å²) < 4.78 is 7.39. The summed E-state index contributed by atoms with van der Waals surface area (Å²) in [5.74, 6) is 0.611. The quantitative estimate of drug-likeness (QED) is 0.549. The molecule has 1 N–H and O–H groups in total. The average Bonchev–Trinajstić information content (AvgIpc) is 3.12. The van der Waals surface area contributed by atoms with Crippen LogP contribution in [0.2, 0.25) is 0 Å². The fraction of sp³-hybridized carbons (Fsp3) is 0.348. The van der Waals surface area contributed by atoms with Crippen molar-refractivity contribution in [1.82, 2.24) is 29.7 Å². The summed E-state index contributed by atoms with van der Waals surface area (Å²) in [7, 11) is 0. The second-order valence-electron chi connectivity index (χ2n) is 8.00. The molecule has 0 atom stereocenters. The van der Waals surface area contributed by atoms with Crippen LogP contribution in [0, 0.1) is 13.8 Å². The van der Waals surface area contributed by atoms with Gasteiger partial charge in [0.15, 0.2) is 5.65 Å². The van der Waals surface area contributed by atoms with Gasteiger partial charge in [-0.25, -0.2) is 9.67 Å². The molecule has 5 rings (SSSR count). The van der Waals surface area contributed by atoms with Gasteiger partial charge in [0.25, 0.3) is 5.56 Å². The molecule has 4 aromatic heterocycles. The molecule has 8 heteroatoms. The van der Waals surface area contributed by atoms with Crippen LogP contribution in [0.3, 0.4) is 0 Å². The maximum Gasteiger partial charge on any atom is 0.262 e. The molecule has 1 saturated heterocycles. The average molecular weight is 416 g/mol. The minimum absolute atomic E-state index is 0.146. The molecule has 1 aliphatic heterocycles. The second kappa shape index (κ2) is 8.03. The van der Waals surface area contributed by atoms with Gasteiger partial charge in [-0.15, -0.1) is 0 Å². The normalized spacial score (nSPS) is 14.9. The molecule has 0 unspecified atom stereocenters. The van der Waals surface area contributed by atoms with E-state index >= 15 is 0 Å². The van der Waals surface area contributed by atoms with Crippen LogP contribution in [-0.4, -0.2) is 42.9 Å². The lowest BCUT2D eigenvalue weighted by atomic mass is 10.1. The van der Waals surface area contributed by atoms with E-state index in [-0.39, 0.29) is 11.6 Å². The van der Waals surface area contributed by atoms with Gasteiger partial charge < -0.3 is 9.72 Å².